The Morgan fingerprint density at radius 2 is 1.83 bits per heavy atom. The summed E-state index contributed by atoms with van der Waals surface area (Å²) in [6, 6.07) is 7.15. The quantitative estimate of drug-likeness (QED) is 0.232. The van der Waals surface area contributed by atoms with E-state index in [0.717, 1.165) is 11.6 Å². The van der Waals surface area contributed by atoms with Crippen LogP contribution in [0.15, 0.2) is 94.5 Å². The van der Waals surface area contributed by atoms with Crippen molar-refractivity contribution in [3.63, 3.8) is 0 Å². The fourth-order valence-corrected chi connectivity index (χ4v) is 2.55. The predicted octanol–water partition coefficient (Wildman–Crippen LogP) is 7.23. The number of amides is 1. The Balaban J connectivity index is 2.86. The largest absolute Gasteiger partial charge is 0.457 e. The normalized spacial score (nSPS) is 13.8. The van der Waals surface area contributed by atoms with Gasteiger partial charge in [-0.25, -0.2) is 4.39 Å². The number of allylic oxidation sites excluding steroid dienone is 7. The highest BCUT2D eigenvalue weighted by molar-refractivity contribution is 6.33. The first kappa shape index (κ1) is 25.5. The van der Waals surface area contributed by atoms with Crippen LogP contribution in [0.25, 0.3) is 0 Å². The summed E-state index contributed by atoms with van der Waals surface area (Å²) in [5.74, 6) is -0.0148. The van der Waals surface area contributed by atoms with Gasteiger partial charge in [0.15, 0.2) is 0 Å². The van der Waals surface area contributed by atoms with E-state index in [9.17, 15) is 9.18 Å². The van der Waals surface area contributed by atoms with Crippen LogP contribution in [0, 0.1) is 0 Å². The fraction of sp³-hybridized carbons (Fsp3) is 0.208. The summed E-state index contributed by atoms with van der Waals surface area (Å²) >= 11 is 12.0. The van der Waals surface area contributed by atoms with Crippen LogP contribution in [-0.4, -0.2) is 5.91 Å². The number of ether oxygens (including phenoxy) is 1. The van der Waals surface area contributed by atoms with Crippen LogP contribution in [0.3, 0.4) is 0 Å². The molecular formula is C24H26Cl2FNO2. The minimum Gasteiger partial charge on any atom is -0.457 e. The third-order valence-electron chi connectivity index (χ3n) is 4.10. The fourth-order valence-electron chi connectivity index (χ4n) is 2.22. The Morgan fingerprint density at radius 1 is 1.20 bits per heavy atom. The summed E-state index contributed by atoms with van der Waals surface area (Å²) in [6.45, 7) is 12.6. The Labute approximate surface area is 187 Å². The lowest BCUT2D eigenvalue weighted by atomic mass is 10.1. The van der Waals surface area contributed by atoms with Crippen molar-refractivity contribution in [1.29, 1.82) is 0 Å². The van der Waals surface area contributed by atoms with Gasteiger partial charge in [0.25, 0.3) is 5.91 Å². The smallest absolute Gasteiger partial charge is 0.252 e. The molecule has 6 heteroatoms. The molecule has 0 aliphatic heterocycles. The summed E-state index contributed by atoms with van der Waals surface area (Å²) in [5.41, 5.74) is 1.53. The number of carbonyl (C=O) groups excluding carboxylic acids is 1. The summed E-state index contributed by atoms with van der Waals surface area (Å²) < 4.78 is 20.0. The monoisotopic (exact) mass is 449 g/mol. The lowest BCUT2D eigenvalue weighted by molar-refractivity contribution is -0.117. The summed E-state index contributed by atoms with van der Waals surface area (Å²) in [4.78, 5) is 12.5. The molecule has 1 aromatic rings. The molecule has 0 fully saturated rings. The number of carbonyl (C=O) groups is 1. The van der Waals surface area contributed by atoms with E-state index in [0.29, 0.717) is 23.5 Å². The van der Waals surface area contributed by atoms with Gasteiger partial charge in [-0.05, 0) is 56.2 Å². The lowest BCUT2D eigenvalue weighted by Crippen LogP contribution is -2.24. The number of rotatable bonds is 10. The van der Waals surface area contributed by atoms with E-state index in [1.165, 1.54) is 6.92 Å². The van der Waals surface area contributed by atoms with E-state index < -0.39 is 11.7 Å². The van der Waals surface area contributed by atoms with E-state index in [1.54, 1.807) is 37.3 Å². The number of hydrogen-bond acceptors (Lipinski definition) is 2. The standard InChI is InChI=1S/C24H26Cl2FNO2/c1-6-9-19(8-3)30-20-12-10-18(11-13-20)15-28-24(29)21(17(5)25)14-22(27)23(26)16(4)7-2/h6,8-14H,1,3,7,15H2,2,4-5H3,(H,28,29)/b19-9+,21-17-,22-14+,23-16?. The molecule has 1 amide bonds. The van der Waals surface area contributed by atoms with Crippen LogP contribution in [0.4, 0.5) is 4.39 Å². The molecular weight excluding hydrogens is 424 g/mol. The van der Waals surface area contributed by atoms with Crippen molar-refractivity contribution in [2.75, 3.05) is 0 Å². The van der Waals surface area contributed by atoms with Crippen molar-refractivity contribution in [1.82, 2.24) is 5.32 Å². The molecule has 0 atom stereocenters. The van der Waals surface area contributed by atoms with Gasteiger partial charge in [0.1, 0.15) is 17.3 Å². The van der Waals surface area contributed by atoms with Crippen molar-refractivity contribution >= 4 is 29.1 Å². The minimum absolute atomic E-state index is 0.0132. The average molecular weight is 450 g/mol. The number of benzene rings is 1. The summed E-state index contributed by atoms with van der Waals surface area (Å²) in [6.07, 6.45) is 6.53. The Kier molecular flexibility index (Phi) is 10.9. The zero-order valence-corrected chi connectivity index (χ0v) is 18.9. The maximum Gasteiger partial charge on any atom is 0.252 e. The van der Waals surface area contributed by atoms with Crippen molar-refractivity contribution < 1.29 is 13.9 Å². The van der Waals surface area contributed by atoms with Gasteiger partial charge in [-0.3, -0.25) is 4.79 Å². The molecule has 0 aromatic heterocycles. The third-order valence-corrected chi connectivity index (χ3v) is 4.80. The topological polar surface area (TPSA) is 38.3 Å². The van der Waals surface area contributed by atoms with E-state index in [-0.39, 0.29) is 22.2 Å². The van der Waals surface area contributed by atoms with Gasteiger partial charge in [0.2, 0.25) is 0 Å². The molecule has 3 nitrogen and oxygen atoms in total. The SMILES string of the molecule is C=C/C=C(\C=C)Oc1ccc(CNC(=O)C(/C=C(/F)C(Cl)=C(C)CC)=C(/C)Cl)cc1. The first-order valence-electron chi connectivity index (χ1n) is 9.32. The Bertz CT molecular complexity index is 906. The number of hydrogen-bond donors (Lipinski definition) is 1. The molecule has 30 heavy (non-hydrogen) atoms. The summed E-state index contributed by atoms with van der Waals surface area (Å²) in [7, 11) is 0. The second-order valence-electron chi connectivity index (χ2n) is 6.32. The molecule has 0 spiro atoms. The van der Waals surface area contributed by atoms with Crippen LogP contribution < -0.4 is 10.1 Å². The van der Waals surface area contributed by atoms with Crippen LogP contribution in [-0.2, 0) is 11.3 Å². The summed E-state index contributed by atoms with van der Waals surface area (Å²) in [5, 5.41) is 2.88. The zero-order chi connectivity index (χ0) is 22.7. The van der Waals surface area contributed by atoms with Gasteiger partial charge in [0, 0.05) is 11.6 Å². The second-order valence-corrected chi connectivity index (χ2v) is 7.27. The van der Waals surface area contributed by atoms with E-state index in [1.807, 2.05) is 19.1 Å². The molecule has 1 rings (SSSR count). The van der Waals surface area contributed by atoms with Gasteiger partial charge >= 0.3 is 0 Å². The van der Waals surface area contributed by atoms with Crippen LogP contribution in [0.2, 0.25) is 0 Å². The van der Waals surface area contributed by atoms with Crippen molar-refractivity contribution in [2.24, 2.45) is 0 Å². The van der Waals surface area contributed by atoms with E-state index in [4.69, 9.17) is 27.9 Å². The van der Waals surface area contributed by atoms with Crippen molar-refractivity contribution in [3.05, 3.63) is 100 Å². The molecule has 0 bridgehead atoms. The molecule has 0 aliphatic carbocycles. The highest BCUT2D eigenvalue weighted by Crippen LogP contribution is 2.25. The van der Waals surface area contributed by atoms with Gasteiger partial charge in [-0.15, -0.1) is 0 Å². The first-order chi connectivity index (χ1) is 14.2. The van der Waals surface area contributed by atoms with Gasteiger partial charge in [-0.1, -0.05) is 67.1 Å². The van der Waals surface area contributed by atoms with Crippen LogP contribution >= 0.6 is 23.2 Å². The second kappa shape index (κ2) is 12.9. The first-order valence-corrected chi connectivity index (χ1v) is 10.1. The molecule has 1 aromatic carbocycles. The molecule has 1 N–H and O–H groups in total. The minimum atomic E-state index is -0.701. The highest BCUT2D eigenvalue weighted by Gasteiger charge is 2.14. The lowest BCUT2D eigenvalue weighted by Gasteiger charge is -2.10. The maximum absolute atomic E-state index is 14.4. The van der Waals surface area contributed by atoms with Gasteiger partial charge in [-0.2, -0.15) is 0 Å². The van der Waals surface area contributed by atoms with Crippen LogP contribution in [0.1, 0.15) is 32.8 Å². The Hall–Kier alpha value is -2.56. The molecule has 0 aliphatic rings. The maximum atomic E-state index is 14.4. The molecule has 0 saturated carbocycles. The molecule has 0 heterocycles. The zero-order valence-electron chi connectivity index (χ0n) is 17.4. The number of halogens is 3. The highest BCUT2D eigenvalue weighted by atomic mass is 35.5. The van der Waals surface area contributed by atoms with Crippen molar-refractivity contribution in [3.8, 4) is 5.75 Å². The molecule has 160 valence electrons. The van der Waals surface area contributed by atoms with Crippen molar-refractivity contribution in [2.45, 2.75) is 33.7 Å². The molecule has 0 saturated heterocycles. The van der Waals surface area contributed by atoms with Crippen LogP contribution in [0.5, 0.6) is 5.75 Å². The third kappa shape index (κ3) is 8.05. The number of nitrogens with one attached hydrogen (secondary N) is 1. The Morgan fingerprint density at radius 3 is 2.33 bits per heavy atom. The van der Waals surface area contributed by atoms with E-state index >= 15 is 0 Å². The van der Waals surface area contributed by atoms with Gasteiger partial charge in [0.05, 0.1) is 10.6 Å². The molecule has 0 radical (unpaired) electrons. The van der Waals surface area contributed by atoms with Gasteiger partial charge < -0.3 is 10.1 Å². The molecule has 0 unspecified atom stereocenters. The average Bonchev–Trinajstić information content (AvgIpc) is 2.74. The predicted molar refractivity (Wildman–Crippen MR) is 124 cm³/mol. The van der Waals surface area contributed by atoms with E-state index in [2.05, 4.69) is 18.5 Å².